The van der Waals surface area contributed by atoms with Crippen LogP contribution < -0.4 is 11.3 Å². The summed E-state index contributed by atoms with van der Waals surface area (Å²) in [5.74, 6) is 7.58. The normalized spacial score (nSPS) is 12.9. The van der Waals surface area contributed by atoms with Crippen molar-refractivity contribution >= 4 is 21.4 Å². The lowest BCUT2D eigenvalue weighted by Gasteiger charge is -2.14. The van der Waals surface area contributed by atoms with Crippen molar-refractivity contribution in [2.24, 2.45) is 5.84 Å². The molecule has 3 N–H and O–H groups in total. The topological polar surface area (TPSA) is 51.2 Å². The molecule has 0 spiro atoms. The van der Waals surface area contributed by atoms with Crippen molar-refractivity contribution in [2.75, 3.05) is 0 Å². The number of furan rings is 1. The fourth-order valence-corrected chi connectivity index (χ4v) is 3.25. The molecule has 0 amide bonds. The minimum Gasteiger partial charge on any atom is -0.464 e. The van der Waals surface area contributed by atoms with E-state index in [0.29, 0.717) is 0 Å². The molecule has 0 fully saturated rings. The standard InChI is InChI=1S/C15H16N2OS/c1-2-11-6-7-13(18-11)14(17-16)12-5-3-4-10-8-9-19-15(10)12/h3-9,14,17H,2,16H2,1H3. The highest BCUT2D eigenvalue weighted by Crippen LogP contribution is 2.32. The largest absolute Gasteiger partial charge is 0.464 e. The lowest BCUT2D eigenvalue weighted by atomic mass is 10.0. The van der Waals surface area contributed by atoms with E-state index in [0.717, 1.165) is 23.5 Å². The summed E-state index contributed by atoms with van der Waals surface area (Å²) >= 11 is 1.73. The summed E-state index contributed by atoms with van der Waals surface area (Å²) in [5.41, 5.74) is 4.03. The Bertz CT molecular complexity index is 686. The fourth-order valence-electron chi connectivity index (χ4n) is 2.31. The van der Waals surface area contributed by atoms with Gasteiger partial charge >= 0.3 is 0 Å². The lowest BCUT2D eigenvalue weighted by molar-refractivity contribution is 0.427. The Hall–Kier alpha value is -1.62. The van der Waals surface area contributed by atoms with Crippen LogP contribution in [0.4, 0.5) is 0 Å². The molecule has 0 aliphatic rings. The van der Waals surface area contributed by atoms with Gasteiger partial charge < -0.3 is 4.42 Å². The van der Waals surface area contributed by atoms with Crippen LogP contribution in [0.2, 0.25) is 0 Å². The molecule has 0 radical (unpaired) electrons. The number of rotatable bonds is 4. The second-order valence-corrected chi connectivity index (χ2v) is 5.36. The van der Waals surface area contributed by atoms with E-state index in [4.69, 9.17) is 10.3 Å². The maximum atomic E-state index is 5.83. The zero-order chi connectivity index (χ0) is 13.2. The molecule has 0 aliphatic carbocycles. The van der Waals surface area contributed by atoms with Crippen molar-refractivity contribution in [1.82, 2.24) is 5.43 Å². The van der Waals surface area contributed by atoms with Gasteiger partial charge in [-0.3, -0.25) is 5.84 Å². The molecule has 4 heteroatoms. The van der Waals surface area contributed by atoms with Crippen LogP contribution in [0.15, 0.2) is 46.2 Å². The number of fused-ring (bicyclic) bond motifs is 1. The predicted molar refractivity (Wildman–Crippen MR) is 79.1 cm³/mol. The minimum atomic E-state index is -0.109. The summed E-state index contributed by atoms with van der Waals surface area (Å²) in [4.78, 5) is 0. The molecule has 0 bridgehead atoms. The van der Waals surface area contributed by atoms with Crippen molar-refractivity contribution in [3.05, 3.63) is 58.9 Å². The summed E-state index contributed by atoms with van der Waals surface area (Å²) in [7, 11) is 0. The molecular formula is C15H16N2OS. The molecule has 1 aromatic carbocycles. The third-order valence-corrected chi connectivity index (χ3v) is 4.28. The molecule has 3 nitrogen and oxygen atoms in total. The number of aryl methyl sites for hydroxylation is 1. The molecule has 0 saturated heterocycles. The van der Waals surface area contributed by atoms with Crippen molar-refractivity contribution < 1.29 is 4.42 Å². The van der Waals surface area contributed by atoms with E-state index in [2.05, 4.69) is 42.0 Å². The number of nitrogens with two attached hydrogens (primary N) is 1. The lowest BCUT2D eigenvalue weighted by Crippen LogP contribution is -2.28. The first-order valence-corrected chi connectivity index (χ1v) is 7.22. The molecule has 3 aromatic rings. The Kier molecular flexibility index (Phi) is 3.38. The molecule has 2 aromatic heterocycles. The monoisotopic (exact) mass is 272 g/mol. The maximum Gasteiger partial charge on any atom is 0.126 e. The van der Waals surface area contributed by atoms with Gasteiger partial charge in [-0.2, -0.15) is 0 Å². The highest BCUT2D eigenvalue weighted by atomic mass is 32.1. The van der Waals surface area contributed by atoms with E-state index in [9.17, 15) is 0 Å². The van der Waals surface area contributed by atoms with Crippen LogP contribution >= 0.6 is 11.3 Å². The van der Waals surface area contributed by atoms with Crippen LogP contribution in [-0.2, 0) is 6.42 Å². The Morgan fingerprint density at radius 3 is 2.89 bits per heavy atom. The van der Waals surface area contributed by atoms with Gasteiger partial charge in [0.25, 0.3) is 0 Å². The van der Waals surface area contributed by atoms with E-state index in [1.54, 1.807) is 11.3 Å². The van der Waals surface area contributed by atoms with Crippen molar-refractivity contribution in [1.29, 1.82) is 0 Å². The third kappa shape index (κ3) is 2.18. The van der Waals surface area contributed by atoms with E-state index >= 15 is 0 Å². The number of hydrogen-bond acceptors (Lipinski definition) is 4. The van der Waals surface area contributed by atoms with Gasteiger partial charge in [0.15, 0.2) is 0 Å². The van der Waals surface area contributed by atoms with Crippen molar-refractivity contribution in [3.8, 4) is 0 Å². The first-order chi connectivity index (χ1) is 9.33. The summed E-state index contributed by atoms with van der Waals surface area (Å²) in [6, 6.07) is 12.3. The zero-order valence-corrected chi connectivity index (χ0v) is 11.5. The molecule has 98 valence electrons. The average molecular weight is 272 g/mol. The smallest absolute Gasteiger partial charge is 0.126 e. The van der Waals surface area contributed by atoms with Gasteiger partial charge in [-0.1, -0.05) is 25.1 Å². The highest BCUT2D eigenvalue weighted by Gasteiger charge is 2.19. The van der Waals surface area contributed by atoms with Crippen molar-refractivity contribution in [3.63, 3.8) is 0 Å². The Morgan fingerprint density at radius 1 is 1.26 bits per heavy atom. The van der Waals surface area contributed by atoms with Crippen LogP contribution in [0, 0.1) is 0 Å². The van der Waals surface area contributed by atoms with Crippen molar-refractivity contribution in [2.45, 2.75) is 19.4 Å². The van der Waals surface area contributed by atoms with E-state index in [1.165, 1.54) is 10.1 Å². The first-order valence-electron chi connectivity index (χ1n) is 6.34. The van der Waals surface area contributed by atoms with Gasteiger partial charge in [0, 0.05) is 11.1 Å². The summed E-state index contributed by atoms with van der Waals surface area (Å²) in [6.07, 6.45) is 0.889. The first kappa shape index (κ1) is 12.4. The molecule has 0 saturated carbocycles. The number of benzene rings is 1. The Balaban J connectivity index is 2.09. The average Bonchev–Trinajstić information content (AvgIpc) is 3.08. The fraction of sp³-hybridized carbons (Fsp3) is 0.200. The molecule has 19 heavy (non-hydrogen) atoms. The van der Waals surface area contributed by atoms with E-state index in [1.807, 2.05) is 12.1 Å². The zero-order valence-electron chi connectivity index (χ0n) is 10.7. The van der Waals surface area contributed by atoms with Crippen LogP contribution in [0.5, 0.6) is 0 Å². The summed E-state index contributed by atoms with van der Waals surface area (Å²) < 4.78 is 7.08. The van der Waals surface area contributed by atoms with E-state index < -0.39 is 0 Å². The van der Waals surface area contributed by atoms with E-state index in [-0.39, 0.29) is 6.04 Å². The van der Waals surface area contributed by atoms with Crippen LogP contribution in [0.3, 0.4) is 0 Å². The maximum absolute atomic E-state index is 5.83. The molecule has 3 rings (SSSR count). The molecular weight excluding hydrogens is 256 g/mol. The van der Waals surface area contributed by atoms with Crippen LogP contribution in [0.1, 0.15) is 30.0 Å². The summed E-state index contributed by atoms with van der Waals surface area (Å²) in [5, 5.41) is 3.34. The number of thiophene rings is 1. The van der Waals surface area contributed by atoms with Gasteiger partial charge in [-0.05, 0) is 34.5 Å². The Morgan fingerprint density at radius 2 is 2.16 bits per heavy atom. The SMILES string of the molecule is CCc1ccc(C(NN)c2cccc3ccsc23)o1. The second kappa shape index (κ2) is 5.17. The minimum absolute atomic E-state index is 0.109. The van der Waals surface area contributed by atoms with Gasteiger partial charge in [0.1, 0.15) is 17.6 Å². The number of hydrazine groups is 1. The van der Waals surface area contributed by atoms with Crippen LogP contribution in [0.25, 0.3) is 10.1 Å². The quantitative estimate of drug-likeness (QED) is 0.563. The molecule has 1 unspecified atom stereocenters. The number of nitrogens with one attached hydrogen (secondary N) is 1. The predicted octanol–water partition coefficient (Wildman–Crippen LogP) is 3.61. The highest BCUT2D eigenvalue weighted by molar-refractivity contribution is 7.17. The molecule has 1 atom stereocenters. The van der Waals surface area contributed by atoms with Gasteiger partial charge in [-0.15, -0.1) is 11.3 Å². The third-order valence-electron chi connectivity index (χ3n) is 3.30. The number of hydrogen-bond donors (Lipinski definition) is 2. The van der Waals surface area contributed by atoms with Gasteiger partial charge in [0.05, 0.1) is 0 Å². The van der Waals surface area contributed by atoms with Gasteiger partial charge in [-0.25, -0.2) is 5.43 Å². The molecule has 0 aliphatic heterocycles. The summed E-state index contributed by atoms with van der Waals surface area (Å²) in [6.45, 7) is 2.08. The van der Waals surface area contributed by atoms with Gasteiger partial charge in [0.2, 0.25) is 0 Å². The molecule has 2 heterocycles. The second-order valence-electron chi connectivity index (χ2n) is 4.44. The van der Waals surface area contributed by atoms with Crippen LogP contribution in [-0.4, -0.2) is 0 Å². The Labute approximate surface area is 116 Å².